The number of aliphatic hydroxyl groups excluding tert-OH is 1. The first-order chi connectivity index (χ1) is 5.33. The number of hydrogen-bond acceptors (Lipinski definition) is 2. The summed E-state index contributed by atoms with van der Waals surface area (Å²) in [6.07, 6.45) is 6.41. The SMILES string of the molecule is Cl.OC1CNCC12CCCCC2. The first kappa shape index (κ1) is 10.3. The van der Waals surface area contributed by atoms with E-state index in [1.165, 1.54) is 32.1 Å². The molecule has 3 heteroatoms. The Balaban J connectivity index is 0.000000720. The first-order valence-corrected chi connectivity index (χ1v) is 4.72. The van der Waals surface area contributed by atoms with E-state index in [9.17, 15) is 5.11 Å². The largest absolute Gasteiger partial charge is 0.391 e. The zero-order valence-corrected chi connectivity index (χ0v) is 8.20. The van der Waals surface area contributed by atoms with Crippen LogP contribution in [0, 0.1) is 5.41 Å². The molecule has 1 aliphatic heterocycles. The maximum Gasteiger partial charge on any atom is 0.0732 e. The van der Waals surface area contributed by atoms with E-state index >= 15 is 0 Å². The standard InChI is InChI=1S/C9H17NO.ClH/c11-8-6-10-7-9(8)4-2-1-3-5-9;/h8,10-11H,1-7H2;1H. The molecule has 0 aromatic heterocycles. The highest BCUT2D eigenvalue weighted by molar-refractivity contribution is 5.85. The second kappa shape index (κ2) is 3.95. The van der Waals surface area contributed by atoms with E-state index in [0.717, 1.165) is 13.1 Å². The van der Waals surface area contributed by atoms with Gasteiger partial charge in [-0.1, -0.05) is 19.3 Å². The fraction of sp³-hybridized carbons (Fsp3) is 1.00. The van der Waals surface area contributed by atoms with E-state index in [4.69, 9.17) is 0 Å². The van der Waals surface area contributed by atoms with Gasteiger partial charge in [-0.2, -0.15) is 0 Å². The van der Waals surface area contributed by atoms with Gasteiger partial charge in [-0.15, -0.1) is 12.4 Å². The van der Waals surface area contributed by atoms with Crippen molar-refractivity contribution >= 4 is 12.4 Å². The highest BCUT2D eigenvalue weighted by atomic mass is 35.5. The van der Waals surface area contributed by atoms with Crippen LogP contribution in [0.15, 0.2) is 0 Å². The van der Waals surface area contributed by atoms with Gasteiger partial charge in [0.2, 0.25) is 0 Å². The normalized spacial score (nSPS) is 33.2. The summed E-state index contributed by atoms with van der Waals surface area (Å²) >= 11 is 0. The van der Waals surface area contributed by atoms with E-state index in [1.807, 2.05) is 0 Å². The molecule has 1 aliphatic carbocycles. The molecule has 72 valence electrons. The van der Waals surface area contributed by atoms with E-state index in [0.29, 0.717) is 0 Å². The van der Waals surface area contributed by atoms with Crippen molar-refractivity contribution in [1.82, 2.24) is 5.32 Å². The van der Waals surface area contributed by atoms with E-state index in [-0.39, 0.29) is 23.9 Å². The van der Waals surface area contributed by atoms with E-state index < -0.39 is 0 Å². The summed E-state index contributed by atoms with van der Waals surface area (Å²) in [5.74, 6) is 0. The van der Waals surface area contributed by atoms with Crippen LogP contribution in [0.25, 0.3) is 0 Å². The minimum absolute atomic E-state index is 0. The molecule has 1 unspecified atom stereocenters. The quantitative estimate of drug-likeness (QED) is 0.606. The summed E-state index contributed by atoms with van der Waals surface area (Å²) in [7, 11) is 0. The number of hydrogen-bond donors (Lipinski definition) is 2. The second-order valence-electron chi connectivity index (χ2n) is 4.07. The monoisotopic (exact) mass is 191 g/mol. The summed E-state index contributed by atoms with van der Waals surface area (Å²) in [6.45, 7) is 1.87. The fourth-order valence-electron chi connectivity index (χ4n) is 2.56. The van der Waals surface area contributed by atoms with Gasteiger partial charge < -0.3 is 10.4 Å². The Bertz CT molecular complexity index is 145. The van der Waals surface area contributed by atoms with Crippen molar-refractivity contribution in [2.24, 2.45) is 5.41 Å². The highest BCUT2D eigenvalue weighted by Gasteiger charge is 2.42. The fourth-order valence-corrected chi connectivity index (χ4v) is 2.56. The third-order valence-corrected chi connectivity index (χ3v) is 3.37. The molecule has 2 fully saturated rings. The lowest BCUT2D eigenvalue weighted by molar-refractivity contribution is 0.0392. The summed E-state index contributed by atoms with van der Waals surface area (Å²) in [4.78, 5) is 0. The molecule has 0 aromatic rings. The molecule has 12 heavy (non-hydrogen) atoms. The van der Waals surface area contributed by atoms with Gasteiger partial charge in [0.05, 0.1) is 6.10 Å². The number of nitrogens with one attached hydrogen (secondary N) is 1. The van der Waals surface area contributed by atoms with Crippen molar-refractivity contribution in [3.05, 3.63) is 0 Å². The maximum atomic E-state index is 9.74. The molecular weight excluding hydrogens is 174 g/mol. The number of rotatable bonds is 0. The Hall–Kier alpha value is 0.210. The molecule has 2 rings (SSSR count). The molecule has 0 aromatic carbocycles. The van der Waals surface area contributed by atoms with Crippen LogP contribution in [0.1, 0.15) is 32.1 Å². The van der Waals surface area contributed by atoms with Gasteiger partial charge in [0, 0.05) is 18.5 Å². The zero-order chi connectivity index (χ0) is 7.73. The Kier molecular flexibility index (Phi) is 3.38. The van der Waals surface area contributed by atoms with Gasteiger partial charge in [-0.3, -0.25) is 0 Å². The van der Waals surface area contributed by atoms with E-state index in [2.05, 4.69) is 5.32 Å². The van der Waals surface area contributed by atoms with Crippen LogP contribution in [-0.2, 0) is 0 Å². The van der Waals surface area contributed by atoms with Crippen LogP contribution in [0.4, 0.5) is 0 Å². The molecule has 2 N–H and O–H groups in total. The molecule has 0 amide bonds. The third kappa shape index (κ3) is 1.61. The Morgan fingerprint density at radius 3 is 2.33 bits per heavy atom. The summed E-state index contributed by atoms with van der Waals surface area (Å²) in [6, 6.07) is 0. The van der Waals surface area contributed by atoms with Crippen molar-refractivity contribution < 1.29 is 5.11 Å². The summed E-state index contributed by atoms with van der Waals surface area (Å²) < 4.78 is 0. The van der Waals surface area contributed by atoms with Gasteiger partial charge in [0.1, 0.15) is 0 Å². The van der Waals surface area contributed by atoms with Crippen molar-refractivity contribution in [1.29, 1.82) is 0 Å². The molecule has 2 aliphatic rings. The van der Waals surface area contributed by atoms with Gasteiger partial charge in [-0.05, 0) is 12.8 Å². The Morgan fingerprint density at radius 2 is 1.83 bits per heavy atom. The minimum Gasteiger partial charge on any atom is -0.391 e. The van der Waals surface area contributed by atoms with Gasteiger partial charge in [-0.25, -0.2) is 0 Å². The average molecular weight is 192 g/mol. The number of halogens is 1. The highest BCUT2D eigenvalue weighted by Crippen LogP contribution is 2.40. The third-order valence-electron chi connectivity index (χ3n) is 3.37. The summed E-state index contributed by atoms with van der Waals surface area (Å²) in [5, 5.41) is 13.0. The lowest BCUT2D eigenvalue weighted by Gasteiger charge is -2.35. The average Bonchev–Trinajstić information content (AvgIpc) is 2.36. The number of aliphatic hydroxyl groups is 1. The van der Waals surface area contributed by atoms with Crippen molar-refractivity contribution in [2.75, 3.05) is 13.1 Å². The van der Waals surface area contributed by atoms with Crippen molar-refractivity contribution in [2.45, 2.75) is 38.2 Å². The minimum atomic E-state index is -0.0669. The van der Waals surface area contributed by atoms with Crippen LogP contribution < -0.4 is 5.32 Å². The molecular formula is C9H18ClNO. The van der Waals surface area contributed by atoms with Crippen molar-refractivity contribution in [3.8, 4) is 0 Å². The van der Waals surface area contributed by atoms with Crippen LogP contribution in [0.5, 0.6) is 0 Å². The van der Waals surface area contributed by atoms with Gasteiger partial charge in [0.15, 0.2) is 0 Å². The molecule has 1 spiro atoms. The lowest BCUT2D eigenvalue weighted by Crippen LogP contribution is -2.35. The molecule has 1 saturated carbocycles. The van der Waals surface area contributed by atoms with Crippen LogP contribution in [0.2, 0.25) is 0 Å². The predicted molar refractivity (Wildman–Crippen MR) is 51.6 cm³/mol. The van der Waals surface area contributed by atoms with Crippen LogP contribution >= 0.6 is 12.4 Å². The predicted octanol–water partition coefficient (Wildman–Crippen LogP) is 1.32. The maximum absolute atomic E-state index is 9.74. The zero-order valence-electron chi connectivity index (χ0n) is 7.38. The molecule has 1 atom stereocenters. The molecule has 0 radical (unpaired) electrons. The van der Waals surface area contributed by atoms with Gasteiger partial charge in [0.25, 0.3) is 0 Å². The van der Waals surface area contributed by atoms with E-state index in [1.54, 1.807) is 0 Å². The summed E-state index contributed by atoms with van der Waals surface area (Å²) in [5.41, 5.74) is 0.276. The Morgan fingerprint density at radius 1 is 1.17 bits per heavy atom. The second-order valence-corrected chi connectivity index (χ2v) is 4.07. The first-order valence-electron chi connectivity index (χ1n) is 4.72. The van der Waals surface area contributed by atoms with Crippen molar-refractivity contribution in [3.63, 3.8) is 0 Å². The van der Waals surface area contributed by atoms with Gasteiger partial charge >= 0.3 is 0 Å². The molecule has 0 bridgehead atoms. The number of β-amino-alcohol motifs (C(OH)–C–C–N with tert-alkyl or cyclic N) is 1. The van der Waals surface area contributed by atoms with Crippen LogP contribution in [-0.4, -0.2) is 24.3 Å². The topological polar surface area (TPSA) is 32.3 Å². The molecule has 1 saturated heterocycles. The molecule has 2 nitrogen and oxygen atoms in total. The smallest absolute Gasteiger partial charge is 0.0732 e. The van der Waals surface area contributed by atoms with Crippen LogP contribution in [0.3, 0.4) is 0 Å². The Labute approximate surface area is 80.1 Å². The molecule has 1 heterocycles. The lowest BCUT2D eigenvalue weighted by atomic mass is 9.72.